The number of hydrogen-bond donors (Lipinski definition) is 0. The molecule has 0 aliphatic rings. The molecule has 0 atom stereocenters. The third-order valence-electron chi connectivity index (χ3n) is 11.6. The van der Waals surface area contributed by atoms with Crippen molar-refractivity contribution in [2.75, 3.05) is 10.0 Å². The van der Waals surface area contributed by atoms with Gasteiger partial charge in [-0.15, -0.1) is 0 Å². The van der Waals surface area contributed by atoms with Gasteiger partial charge in [-0.05, 0) is 98.5 Å². The van der Waals surface area contributed by atoms with Gasteiger partial charge in [-0.1, -0.05) is 130 Å². The molecule has 0 saturated heterocycles. The molecule has 6 aromatic carbocycles. The molecule has 0 amide bonds. The average Bonchev–Trinajstić information content (AvgIpc) is 3.77. The number of benzene rings is 6. The Kier molecular flexibility index (Phi) is 12.3. The van der Waals surface area contributed by atoms with E-state index in [4.69, 9.17) is 10.2 Å². The number of nitrogens with zero attached hydrogens (tertiary/aromatic N) is 6. The van der Waals surface area contributed by atoms with Crippen LogP contribution in [0.4, 0.5) is 11.4 Å². The molecule has 2 heterocycles. The zero-order valence-electron chi connectivity index (χ0n) is 34.3. The number of hydrazone groups is 2. The maximum absolute atomic E-state index is 5.39. The monoisotopic (exact) mass is 764 g/mol. The lowest BCUT2D eigenvalue weighted by atomic mass is 10.1. The largest absolute Gasteiger partial charge is 0.341 e. The molecule has 0 aliphatic carbocycles. The molecule has 0 unspecified atom stereocenters. The molecule has 0 bridgehead atoms. The van der Waals surface area contributed by atoms with E-state index in [1.54, 1.807) is 0 Å². The molecule has 58 heavy (non-hydrogen) atoms. The Hall–Kier alpha value is -6.14. The summed E-state index contributed by atoms with van der Waals surface area (Å²) in [5.74, 6) is 0. The van der Waals surface area contributed by atoms with E-state index in [-0.39, 0.29) is 6.17 Å². The van der Waals surface area contributed by atoms with E-state index in [0.717, 1.165) is 48.4 Å². The normalized spacial score (nSPS) is 12.1. The molecular formula is C52H56N6. The van der Waals surface area contributed by atoms with Gasteiger partial charge in [-0.2, -0.15) is 10.2 Å². The highest BCUT2D eigenvalue weighted by Crippen LogP contribution is 2.32. The Labute approximate surface area is 343 Å². The maximum atomic E-state index is 5.39. The minimum absolute atomic E-state index is 0.190. The summed E-state index contributed by atoms with van der Waals surface area (Å²) in [6.07, 6.45) is 13.4. The highest BCUT2D eigenvalue weighted by molar-refractivity contribution is 6.10. The Morgan fingerprint density at radius 1 is 0.448 bits per heavy atom. The fourth-order valence-electron chi connectivity index (χ4n) is 8.67. The van der Waals surface area contributed by atoms with Crippen molar-refractivity contribution in [3.8, 4) is 0 Å². The van der Waals surface area contributed by atoms with Crippen molar-refractivity contribution in [1.82, 2.24) is 9.13 Å². The minimum atomic E-state index is -0.190. The van der Waals surface area contributed by atoms with Crippen LogP contribution in [0.25, 0.3) is 43.6 Å². The van der Waals surface area contributed by atoms with Crippen molar-refractivity contribution in [1.29, 1.82) is 0 Å². The fraction of sp³-hybridized carbons (Fsp3) is 0.269. The summed E-state index contributed by atoms with van der Waals surface area (Å²) < 4.78 is 4.80. The summed E-state index contributed by atoms with van der Waals surface area (Å²) in [7, 11) is 0. The van der Waals surface area contributed by atoms with Gasteiger partial charge in [0.25, 0.3) is 0 Å². The Balaban J connectivity index is 1.20. The van der Waals surface area contributed by atoms with Gasteiger partial charge in [-0.25, -0.2) is 10.0 Å². The van der Waals surface area contributed by atoms with Crippen molar-refractivity contribution < 1.29 is 0 Å². The van der Waals surface area contributed by atoms with Gasteiger partial charge in [0.05, 0.1) is 23.8 Å². The van der Waals surface area contributed by atoms with E-state index in [1.807, 2.05) is 12.4 Å². The third kappa shape index (κ3) is 8.15. The molecular weight excluding hydrogens is 709 g/mol. The van der Waals surface area contributed by atoms with Crippen LogP contribution < -0.4 is 10.0 Å². The maximum Gasteiger partial charge on any atom is 0.144 e. The van der Waals surface area contributed by atoms with Crippen molar-refractivity contribution >= 4 is 67.4 Å². The smallest absolute Gasteiger partial charge is 0.144 e. The number of fused-ring (bicyclic) bond motifs is 6. The van der Waals surface area contributed by atoms with Crippen LogP contribution >= 0.6 is 0 Å². The molecule has 6 heteroatoms. The van der Waals surface area contributed by atoms with Gasteiger partial charge < -0.3 is 9.13 Å². The summed E-state index contributed by atoms with van der Waals surface area (Å²) >= 11 is 0. The van der Waals surface area contributed by atoms with Crippen LogP contribution in [0.2, 0.25) is 0 Å². The molecule has 0 saturated carbocycles. The third-order valence-corrected chi connectivity index (χ3v) is 11.6. The first-order valence-corrected chi connectivity index (χ1v) is 21.5. The highest BCUT2D eigenvalue weighted by atomic mass is 15.6. The zero-order valence-corrected chi connectivity index (χ0v) is 34.3. The Bertz CT molecular complexity index is 2460. The van der Waals surface area contributed by atoms with Crippen LogP contribution in [0.1, 0.15) is 83.3 Å². The van der Waals surface area contributed by atoms with Crippen LogP contribution in [0.5, 0.6) is 0 Å². The first kappa shape index (κ1) is 38.7. The molecule has 6 nitrogen and oxygen atoms in total. The summed E-state index contributed by atoms with van der Waals surface area (Å²) in [6.45, 7) is 8.56. The number of unbranched alkanes of at least 4 members (excludes halogenated alkanes) is 6. The van der Waals surface area contributed by atoms with Gasteiger partial charge in [-0.3, -0.25) is 0 Å². The second kappa shape index (κ2) is 18.4. The lowest BCUT2D eigenvalue weighted by Crippen LogP contribution is -2.44. The van der Waals surface area contributed by atoms with E-state index in [2.05, 4.69) is 186 Å². The first-order valence-electron chi connectivity index (χ1n) is 21.5. The lowest BCUT2D eigenvalue weighted by molar-refractivity contribution is 0.491. The van der Waals surface area contributed by atoms with Gasteiger partial charge in [0.1, 0.15) is 6.17 Å². The number of aryl methyl sites for hydroxylation is 2. The van der Waals surface area contributed by atoms with Crippen LogP contribution in [-0.2, 0) is 13.1 Å². The number of para-hydroxylation sites is 4. The highest BCUT2D eigenvalue weighted by Gasteiger charge is 2.26. The van der Waals surface area contributed by atoms with Crippen LogP contribution in [-0.4, -0.2) is 27.7 Å². The first-order chi connectivity index (χ1) is 28.7. The SMILES string of the molecule is CCCCCCCCCC(N(/N=C/c1ccc2c(c1)c1ccccc1n2CC)c1ccccc1)N(/N=C/c1ccc2c(c1)c1ccccc1n2CC)c1ccccc1. The van der Waals surface area contributed by atoms with Crippen molar-refractivity contribution in [3.05, 3.63) is 157 Å². The standard InChI is InChI=1S/C52H56N6/c1-4-7-8-9-10-11-18-31-52(57(42-23-14-12-15-24-42)53-38-40-32-34-50-46(36-40)44-27-19-21-29-48(44)55(50)5-2)58(43-25-16-13-17-26-43)54-39-41-33-35-51-47(37-41)45-28-20-22-30-49(45)56(51)6-3/h12-17,19-30,32-39,52H,4-11,18,31H2,1-3H3/b53-38+,54-39+. The number of aromatic nitrogens is 2. The fourth-order valence-corrected chi connectivity index (χ4v) is 8.67. The quantitative estimate of drug-likeness (QED) is 0.0378. The van der Waals surface area contributed by atoms with Crippen molar-refractivity contribution in [2.45, 2.75) is 91.4 Å². The predicted molar refractivity (Wildman–Crippen MR) is 250 cm³/mol. The molecule has 8 aromatic rings. The number of hydrogen-bond acceptors (Lipinski definition) is 4. The van der Waals surface area contributed by atoms with Gasteiger partial charge >= 0.3 is 0 Å². The van der Waals surface area contributed by atoms with Crippen LogP contribution in [0.15, 0.2) is 156 Å². The minimum Gasteiger partial charge on any atom is -0.341 e. The molecule has 294 valence electrons. The van der Waals surface area contributed by atoms with Crippen molar-refractivity contribution in [3.63, 3.8) is 0 Å². The van der Waals surface area contributed by atoms with Gasteiger partial charge in [0, 0.05) is 56.7 Å². The summed E-state index contributed by atoms with van der Waals surface area (Å²) in [5, 5.41) is 20.2. The van der Waals surface area contributed by atoms with Gasteiger partial charge in [0.2, 0.25) is 0 Å². The second-order valence-corrected chi connectivity index (χ2v) is 15.3. The van der Waals surface area contributed by atoms with Crippen LogP contribution in [0.3, 0.4) is 0 Å². The Morgan fingerprint density at radius 2 is 0.862 bits per heavy atom. The second-order valence-electron chi connectivity index (χ2n) is 15.3. The number of anilines is 2. The number of rotatable bonds is 18. The Morgan fingerprint density at radius 3 is 1.33 bits per heavy atom. The molecule has 0 fully saturated rings. The van der Waals surface area contributed by atoms with E-state index < -0.39 is 0 Å². The molecule has 2 aromatic heterocycles. The van der Waals surface area contributed by atoms with Crippen molar-refractivity contribution in [2.24, 2.45) is 10.2 Å². The molecule has 0 spiro atoms. The summed E-state index contributed by atoms with van der Waals surface area (Å²) in [4.78, 5) is 0. The lowest BCUT2D eigenvalue weighted by Gasteiger charge is -2.36. The van der Waals surface area contributed by atoms with Gasteiger partial charge in [0.15, 0.2) is 0 Å². The molecule has 8 rings (SSSR count). The van der Waals surface area contributed by atoms with E-state index in [9.17, 15) is 0 Å². The average molecular weight is 765 g/mol. The molecule has 0 N–H and O–H groups in total. The van der Waals surface area contributed by atoms with E-state index in [0.29, 0.717) is 0 Å². The van der Waals surface area contributed by atoms with Crippen LogP contribution in [0, 0.1) is 0 Å². The van der Waals surface area contributed by atoms with E-state index >= 15 is 0 Å². The molecule has 0 radical (unpaired) electrons. The predicted octanol–water partition coefficient (Wildman–Crippen LogP) is 13.8. The molecule has 0 aliphatic heterocycles. The topological polar surface area (TPSA) is 41.1 Å². The summed E-state index contributed by atoms with van der Waals surface area (Å²) in [6, 6.07) is 52.1. The summed E-state index contributed by atoms with van der Waals surface area (Å²) in [5.41, 5.74) is 9.22. The zero-order chi connectivity index (χ0) is 39.7. The van der Waals surface area contributed by atoms with E-state index in [1.165, 1.54) is 82.1 Å².